The van der Waals surface area contributed by atoms with E-state index in [0.29, 0.717) is 24.2 Å². The number of carboxylic acids is 1. The molecule has 2 aromatic rings. The Morgan fingerprint density at radius 2 is 1.90 bits per heavy atom. The Labute approximate surface area is 229 Å². The van der Waals surface area contributed by atoms with Gasteiger partial charge < -0.3 is 19.9 Å². The zero-order valence-corrected chi connectivity index (χ0v) is 22.2. The molecule has 1 saturated heterocycles. The van der Waals surface area contributed by atoms with Crippen LogP contribution in [0, 0.1) is 23.3 Å². The molecule has 2 N–H and O–H groups in total. The SMILES string of the molecule is CCOC(=O)C1=C(CN2CCOCC2CC(=O)O)NC(c2c(F)cc(F)cc2F)=NC1c1ccc(F)cc1Br. The number of hydrogen-bond acceptors (Lipinski definition) is 7. The Hall–Kier alpha value is -3.29. The van der Waals surface area contributed by atoms with Gasteiger partial charge in [-0.2, -0.15) is 0 Å². The summed E-state index contributed by atoms with van der Waals surface area (Å²) < 4.78 is 68.3. The predicted octanol–water partition coefficient (Wildman–Crippen LogP) is 4.09. The molecule has 2 aromatic carbocycles. The molecule has 0 saturated carbocycles. The van der Waals surface area contributed by atoms with Crippen molar-refractivity contribution >= 4 is 33.7 Å². The number of carbonyl (C=O) groups excluding carboxylic acids is 1. The van der Waals surface area contributed by atoms with Gasteiger partial charge in [0.15, 0.2) is 0 Å². The zero-order valence-electron chi connectivity index (χ0n) is 20.6. The number of carbonyl (C=O) groups is 2. The summed E-state index contributed by atoms with van der Waals surface area (Å²) in [5, 5.41) is 12.2. The highest BCUT2D eigenvalue weighted by Crippen LogP contribution is 2.37. The molecule has 0 aromatic heterocycles. The fourth-order valence-corrected chi connectivity index (χ4v) is 5.07. The molecule has 0 amide bonds. The second-order valence-electron chi connectivity index (χ2n) is 8.83. The van der Waals surface area contributed by atoms with Crippen molar-refractivity contribution in [1.29, 1.82) is 0 Å². The quantitative estimate of drug-likeness (QED) is 0.342. The molecule has 39 heavy (non-hydrogen) atoms. The summed E-state index contributed by atoms with van der Waals surface area (Å²) in [6.07, 6.45) is -0.253. The van der Waals surface area contributed by atoms with E-state index >= 15 is 0 Å². The number of aliphatic carboxylic acids is 1. The van der Waals surface area contributed by atoms with E-state index in [0.717, 1.165) is 12.1 Å². The molecule has 4 rings (SSSR count). The van der Waals surface area contributed by atoms with Crippen molar-refractivity contribution in [3.8, 4) is 0 Å². The molecule has 8 nitrogen and oxygen atoms in total. The summed E-state index contributed by atoms with van der Waals surface area (Å²) in [7, 11) is 0. The highest BCUT2D eigenvalue weighted by atomic mass is 79.9. The molecular formula is C26H24BrF4N3O5. The van der Waals surface area contributed by atoms with Gasteiger partial charge in [-0.3, -0.25) is 14.7 Å². The van der Waals surface area contributed by atoms with E-state index in [4.69, 9.17) is 9.47 Å². The number of esters is 1. The maximum atomic E-state index is 14.9. The van der Waals surface area contributed by atoms with E-state index in [2.05, 4.69) is 26.2 Å². The van der Waals surface area contributed by atoms with Crippen LogP contribution in [0.2, 0.25) is 0 Å². The molecule has 2 aliphatic heterocycles. The van der Waals surface area contributed by atoms with Crippen LogP contribution in [-0.4, -0.2) is 66.7 Å². The first-order chi connectivity index (χ1) is 18.6. The number of hydrogen-bond donors (Lipinski definition) is 2. The lowest BCUT2D eigenvalue weighted by molar-refractivity contribution is -0.141. The van der Waals surface area contributed by atoms with Crippen molar-refractivity contribution in [2.45, 2.75) is 25.4 Å². The van der Waals surface area contributed by atoms with Crippen LogP contribution in [0.5, 0.6) is 0 Å². The van der Waals surface area contributed by atoms with Crippen LogP contribution in [0.4, 0.5) is 17.6 Å². The number of amidine groups is 1. The highest BCUT2D eigenvalue weighted by molar-refractivity contribution is 9.10. The van der Waals surface area contributed by atoms with Gasteiger partial charge in [-0.25, -0.2) is 22.4 Å². The number of nitrogens with one attached hydrogen (secondary N) is 1. The summed E-state index contributed by atoms with van der Waals surface area (Å²) in [5.41, 5.74) is -0.247. The van der Waals surface area contributed by atoms with Gasteiger partial charge in [0.2, 0.25) is 0 Å². The number of rotatable bonds is 8. The lowest BCUT2D eigenvalue weighted by atomic mass is 9.94. The van der Waals surface area contributed by atoms with E-state index < -0.39 is 52.9 Å². The summed E-state index contributed by atoms with van der Waals surface area (Å²) in [5.74, 6) is -6.35. The minimum absolute atomic E-state index is 0.00387. The first-order valence-electron chi connectivity index (χ1n) is 12.0. The van der Waals surface area contributed by atoms with Crippen molar-refractivity contribution in [3.63, 3.8) is 0 Å². The molecule has 2 heterocycles. The van der Waals surface area contributed by atoms with Crippen LogP contribution >= 0.6 is 15.9 Å². The highest BCUT2D eigenvalue weighted by Gasteiger charge is 2.37. The minimum Gasteiger partial charge on any atom is -0.481 e. The standard InChI is InChI=1S/C26H24BrF4N3O5/c1-2-39-26(37)23-20(11-34-5-6-38-12-15(34)10-21(35)36)32-25(22-18(30)8-14(29)9-19(22)31)33-24(23)16-4-3-13(28)7-17(16)27/h3-4,7-9,15,24H,2,5-6,10-12H2,1H3,(H,32,33)(H,35,36). The fourth-order valence-electron chi connectivity index (χ4n) is 4.50. The van der Waals surface area contributed by atoms with E-state index in [1.54, 1.807) is 11.8 Å². The summed E-state index contributed by atoms with van der Waals surface area (Å²) in [6.45, 7) is 2.24. The second kappa shape index (κ2) is 12.3. The summed E-state index contributed by atoms with van der Waals surface area (Å²) in [4.78, 5) is 30.9. The molecule has 0 bridgehead atoms. The topological polar surface area (TPSA) is 100 Å². The third-order valence-corrected chi connectivity index (χ3v) is 6.93. The van der Waals surface area contributed by atoms with Gasteiger partial charge in [-0.05, 0) is 24.6 Å². The van der Waals surface area contributed by atoms with Gasteiger partial charge in [0.25, 0.3) is 0 Å². The predicted molar refractivity (Wildman–Crippen MR) is 135 cm³/mol. The normalized spacial score (nSPS) is 19.9. The van der Waals surface area contributed by atoms with E-state index in [9.17, 15) is 32.3 Å². The largest absolute Gasteiger partial charge is 0.481 e. The van der Waals surface area contributed by atoms with E-state index in [1.807, 2.05) is 0 Å². The number of aliphatic imine (C=N–C) groups is 1. The minimum atomic E-state index is -1.23. The maximum Gasteiger partial charge on any atom is 0.338 e. The second-order valence-corrected chi connectivity index (χ2v) is 9.68. The molecule has 2 unspecified atom stereocenters. The maximum absolute atomic E-state index is 14.9. The van der Waals surface area contributed by atoms with Crippen LogP contribution in [0.25, 0.3) is 0 Å². The van der Waals surface area contributed by atoms with Crippen molar-refractivity contribution in [2.75, 3.05) is 32.9 Å². The Balaban J connectivity index is 1.89. The molecule has 2 atom stereocenters. The number of nitrogens with zero attached hydrogens (tertiary/aromatic N) is 2. The molecule has 0 aliphatic carbocycles. The number of ether oxygens (including phenoxy) is 2. The summed E-state index contributed by atoms with van der Waals surface area (Å²) in [6, 6.07) is 2.89. The number of benzene rings is 2. The van der Waals surface area contributed by atoms with Crippen LogP contribution in [0.3, 0.4) is 0 Å². The van der Waals surface area contributed by atoms with Crippen molar-refractivity contribution in [2.24, 2.45) is 4.99 Å². The third kappa shape index (κ3) is 6.48. The average Bonchev–Trinajstić information content (AvgIpc) is 2.84. The molecule has 0 radical (unpaired) electrons. The van der Waals surface area contributed by atoms with Crippen molar-refractivity contribution in [3.05, 3.63) is 80.5 Å². The average molecular weight is 614 g/mol. The number of halogens is 5. The lowest BCUT2D eigenvalue weighted by Gasteiger charge is -2.37. The number of morpholine rings is 1. The Kier molecular flexibility index (Phi) is 9.03. The van der Waals surface area contributed by atoms with Gasteiger partial charge in [0.1, 0.15) is 35.1 Å². The van der Waals surface area contributed by atoms with Crippen LogP contribution in [-0.2, 0) is 19.1 Å². The lowest BCUT2D eigenvalue weighted by Crippen LogP contribution is -2.49. The Morgan fingerprint density at radius 1 is 1.18 bits per heavy atom. The Morgan fingerprint density at radius 3 is 2.54 bits per heavy atom. The van der Waals surface area contributed by atoms with Gasteiger partial charge in [-0.1, -0.05) is 22.0 Å². The van der Waals surface area contributed by atoms with E-state index in [1.165, 1.54) is 6.07 Å². The van der Waals surface area contributed by atoms with Gasteiger partial charge >= 0.3 is 11.9 Å². The first kappa shape index (κ1) is 28.7. The smallest absolute Gasteiger partial charge is 0.338 e. The molecule has 208 valence electrons. The third-order valence-electron chi connectivity index (χ3n) is 6.24. The Bertz CT molecular complexity index is 1330. The summed E-state index contributed by atoms with van der Waals surface area (Å²) >= 11 is 3.27. The van der Waals surface area contributed by atoms with Gasteiger partial charge in [0, 0.05) is 41.4 Å². The van der Waals surface area contributed by atoms with Crippen LogP contribution in [0.15, 0.2) is 51.1 Å². The van der Waals surface area contributed by atoms with Crippen molar-refractivity contribution < 1.29 is 41.7 Å². The molecule has 1 fully saturated rings. The van der Waals surface area contributed by atoms with Crippen LogP contribution < -0.4 is 5.32 Å². The number of carboxylic acid groups (broad SMARTS) is 1. The van der Waals surface area contributed by atoms with Crippen LogP contribution in [0.1, 0.15) is 30.5 Å². The van der Waals surface area contributed by atoms with Gasteiger partial charge in [-0.15, -0.1) is 0 Å². The zero-order chi connectivity index (χ0) is 28.3. The molecule has 2 aliphatic rings. The first-order valence-corrected chi connectivity index (χ1v) is 12.8. The monoisotopic (exact) mass is 613 g/mol. The van der Waals surface area contributed by atoms with Gasteiger partial charge in [0.05, 0.1) is 37.4 Å². The molecule has 0 spiro atoms. The molecular weight excluding hydrogens is 590 g/mol. The molecule has 13 heteroatoms. The fraction of sp³-hybridized carbons (Fsp3) is 0.346. The van der Waals surface area contributed by atoms with Crippen molar-refractivity contribution in [1.82, 2.24) is 10.2 Å². The van der Waals surface area contributed by atoms with E-state index in [-0.39, 0.29) is 54.4 Å².